The van der Waals surface area contributed by atoms with Gasteiger partial charge in [0.1, 0.15) is 41.6 Å². The van der Waals surface area contributed by atoms with Crippen LogP contribution >= 0.6 is 0 Å². The smallest absolute Gasteiger partial charge is 0.271 e. The van der Waals surface area contributed by atoms with Gasteiger partial charge in [-0.15, -0.1) is 0 Å². The van der Waals surface area contributed by atoms with Gasteiger partial charge in [-0.3, -0.25) is 9.36 Å². The van der Waals surface area contributed by atoms with Gasteiger partial charge >= 0.3 is 0 Å². The number of anilines is 1. The fourth-order valence-corrected chi connectivity index (χ4v) is 3.39. The van der Waals surface area contributed by atoms with Gasteiger partial charge < -0.3 is 10.2 Å². The quantitative estimate of drug-likeness (QED) is 0.697. The van der Waals surface area contributed by atoms with Crippen LogP contribution < -0.4 is 10.2 Å². The first-order valence-electron chi connectivity index (χ1n) is 9.83. The Kier molecular flexibility index (Phi) is 5.69. The number of nitrogens with zero attached hydrogens (tertiary/aromatic N) is 5. The molecule has 7 nitrogen and oxygen atoms in total. The van der Waals surface area contributed by atoms with Crippen molar-refractivity contribution in [1.29, 1.82) is 0 Å². The number of halogens is 2. The van der Waals surface area contributed by atoms with E-state index in [9.17, 15) is 13.6 Å². The number of amides is 1. The van der Waals surface area contributed by atoms with Gasteiger partial charge in [0, 0.05) is 43.5 Å². The van der Waals surface area contributed by atoms with E-state index in [1.165, 1.54) is 18.7 Å². The molecule has 0 saturated carbocycles. The van der Waals surface area contributed by atoms with Crippen LogP contribution in [-0.4, -0.2) is 38.5 Å². The van der Waals surface area contributed by atoms with Gasteiger partial charge in [0.05, 0.1) is 0 Å². The van der Waals surface area contributed by atoms with E-state index in [4.69, 9.17) is 0 Å². The van der Waals surface area contributed by atoms with Gasteiger partial charge in [0.2, 0.25) is 0 Å². The Balaban J connectivity index is 1.43. The summed E-state index contributed by atoms with van der Waals surface area (Å²) in [7, 11) is 0. The molecule has 1 saturated heterocycles. The van der Waals surface area contributed by atoms with Gasteiger partial charge in [0.25, 0.3) is 5.91 Å². The predicted molar refractivity (Wildman–Crippen MR) is 107 cm³/mol. The number of aromatic nitrogens is 4. The molecule has 156 valence electrons. The number of imidazole rings is 1. The summed E-state index contributed by atoms with van der Waals surface area (Å²) in [5.74, 6) is 0.344. The predicted octanol–water partition coefficient (Wildman–Crippen LogP) is 3.11. The van der Waals surface area contributed by atoms with Crippen molar-refractivity contribution in [2.75, 3.05) is 18.0 Å². The van der Waals surface area contributed by atoms with Gasteiger partial charge in [-0.05, 0) is 24.8 Å². The molecule has 1 aliphatic heterocycles. The van der Waals surface area contributed by atoms with Crippen molar-refractivity contribution in [3.05, 3.63) is 66.0 Å². The van der Waals surface area contributed by atoms with Crippen LogP contribution in [0.1, 0.15) is 35.8 Å². The van der Waals surface area contributed by atoms with E-state index in [1.807, 2.05) is 6.07 Å². The molecular weight excluding hydrogens is 390 g/mol. The average Bonchev–Trinajstić information content (AvgIpc) is 3.24. The first kappa shape index (κ1) is 19.9. The molecule has 0 spiro atoms. The van der Waals surface area contributed by atoms with Crippen molar-refractivity contribution in [2.45, 2.75) is 26.3 Å². The third kappa shape index (κ3) is 4.45. The number of piperidine rings is 1. The number of carbonyl (C=O) groups is 1. The molecule has 1 aliphatic rings. The number of hydrogen-bond acceptors (Lipinski definition) is 5. The summed E-state index contributed by atoms with van der Waals surface area (Å²) in [5.41, 5.74) is 0.366. The standard InChI is InChI=1S/C21H22F2N6O/c1-14-4-6-28(7-5-14)19-9-20(26-12-25-19)29-11-18(27-13-29)21(30)24-10-15-2-3-16(22)8-17(15)23/h2-3,8-9,11-14H,4-7,10H2,1H3,(H,24,30). The van der Waals surface area contributed by atoms with Crippen LogP contribution in [-0.2, 0) is 6.54 Å². The maximum atomic E-state index is 13.7. The molecule has 1 fully saturated rings. The van der Waals surface area contributed by atoms with Crippen molar-refractivity contribution in [1.82, 2.24) is 24.8 Å². The summed E-state index contributed by atoms with van der Waals surface area (Å²) >= 11 is 0. The first-order valence-corrected chi connectivity index (χ1v) is 9.83. The molecule has 30 heavy (non-hydrogen) atoms. The topological polar surface area (TPSA) is 75.9 Å². The average molecular weight is 412 g/mol. The third-order valence-corrected chi connectivity index (χ3v) is 5.28. The molecule has 4 rings (SSSR count). The first-order chi connectivity index (χ1) is 14.5. The van der Waals surface area contributed by atoms with Gasteiger partial charge in [-0.1, -0.05) is 13.0 Å². The Morgan fingerprint density at radius 1 is 1.13 bits per heavy atom. The fourth-order valence-electron chi connectivity index (χ4n) is 3.39. The highest BCUT2D eigenvalue weighted by atomic mass is 19.1. The summed E-state index contributed by atoms with van der Waals surface area (Å²) in [6, 6.07) is 5.10. The monoisotopic (exact) mass is 412 g/mol. The zero-order valence-corrected chi connectivity index (χ0v) is 16.6. The Morgan fingerprint density at radius 3 is 2.67 bits per heavy atom. The molecule has 0 aliphatic carbocycles. The van der Waals surface area contributed by atoms with E-state index in [1.54, 1.807) is 10.8 Å². The summed E-state index contributed by atoms with van der Waals surface area (Å²) in [6.45, 7) is 4.10. The number of carbonyl (C=O) groups excluding carboxylic acids is 1. The van der Waals surface area contributed by atoms with Crippen LogP contribution in [0.15, 0.2) is 43.1 Å². The van der Waals surface area contributed by atoms with Crippen LogP contribution in [0.4, 0.5) is 14.6 Å². The SMILES string of the molecule is CC1CCN(c2cc(-n3cnc(C(=O)NCc4ccc(F)cc4F)c3)ncn2)CC1. The van der Waals surface area contributed by atoms with E-state index in [2.05, 4.69) is 32.1 Å². The van der Waals surface area contributed by atoms with E-state index in [0.717, 1.165) is 49.8 Å². The normalized spacial score (nSPS) is 14.7. The van der Waals surface area contributed by atoms with E-state index in [-0.39, 0.29) is 17.8 Å². The second kappa shape index (κ2) is 8.56. The van der Waals surface area contributed by atoms with Crippen molar-refractivity contribution in [3.63, 3.8) is 0 Å². The van der Waals surface area contributed by atoms with Crippen LogP contribution in [0, 0.1) is 17.6 Å². The van der Waals surface area contributed by atoms with Crippen molar-refractivity contribution in [3.8, 4) is 5.82 Å². The maximum Gasteiger partial charge on any atom is 0.271 e. The molecule has 3 heterocycles. The maximum absolute atomic E-state index is 13.7. The fraction of sp³-hybridized carbons (Fsp3) is 0.333. The molecule has 0 radical (unpaired) electrons. The summed E-state index contributed by atoms with van der Waals surface area (Å²) < 4.78 is 28.3. The minimum Gasteiger partial charge on any atom is -0.356 e. The molecule has 0 bridgehead atoms. The molecule has 0 atom stereocenters. The summed E-state index contributed by atoms with van der Waals surface area (Å²) in [5, 5.41) is 2.59. The van der Waals surface area contributed by atoms with Crippen molar-refractivity contribution >= 4 is 11.7 Å². The zero-order valence-electron chi connectivity index (χ0n) is 16.6. The van der Waals surface area contributed by atoms with E-state index in [0.29, 0.717) is 5.82 Å². The molecule has 9 heteroatoms. The highest BCUT2D eigenvalue weighted by Gasteiger charge is 2.18. The lowest BCUT2D eigenvalue weighted by Gasteiger charge is -2.31. The molecule has 1 N–H and O–H groups in total. The van der Waals surface area contributed by atoms with Crippen LogP contribution in [0.3, 0.4) is 0 Å². The van der Waals surface area contributed by atoms with Gasteiger partial charge in [0.15, 0.2) is 0 Å². The number of hydrogen-bond donors (Lipinski definition) is 1. The van der Waals surface area contributed by atoms with Crippen molar-refractivity contribution < 1.29 is 13.6 Å². The highest BCUT2D eigenvalue weighted by Crippen LogP contribution is 2.22. The minimum absolute atomic E-state index is 0.0666. The lowest BCUT2D eigenvalue weighted by molar-refractivity contribution is 0.0946. The Hall–Kier alpha value is -3.36. The second-order valence-electron chi connectivity index (χ2n) is 7.49. The lowest BCUT2D eigenvalue weighted by Crippen LogP contribution is -2.33. The third-order valence-electron chi connectivity index (χ3n) is 5.28. The van der Waals surface area contributed by atoms with Gasteiger partial charge in [-0.2, -0.15) is 0 Å². The molecule has 1 amide bonds. The molecule has 3 aromatic rings. The van der Waals surface area contributed by atoms with E-state index >= 15 is 0 Å². The largest absolute Gasteiger partial charge is 0.356 e. The minimum atomic E-state index is -0.707. The van der Waals surface area contributed by atoms with Crippen LogP contribution in [0.2, 0.25) is 0 Å². The molecular formula is C21H22F2N6O. The van der Waals surface area contributed by atoms with Crippen LogP contribution in [0.25, 0.3) is 5.82 Å². The number of benzene rings is 1. The molecule has 2 aromatic heterocycles. The summed E-state index contributed by atoms with van der Waals surface area (Å²) in [4.78, 5) is 27.4. The van der Waals surface area contributed by atoms with Gasteiger partial charge in [-0.25, -0.2) is 23.7 Å². The second-order valence-corrected chi connectivity index (χ2v) is 7.49. The Labute approximate surface area is 172 Å². The molecule has 1 aromatic carbocycles. The van der Waals surface area contributed by atoms with Crippen molar-refractivity contribution in [2.24, 2.45) is 5.92 Å². The zero-order chi connectivity index (χ0) is 21.1. The number of rotatable bonds is 5. The highest BCUT2D eigenvalue weighted by molar-refractivity contribution is 5.92. The van der Waals surface area contributed by atoms with Crippen LogP contribution in [0.5, 0.6) is 0 Å². The Bertz CT molecular complexity index is 1050. The lowest BCUT2D eigenvalue weighted by atomic mass is 9.99. The molecule has 0 unspecified atom stereocenters. The van der Waals surface area contributed by atoms with E-state index < -0.39 is 17.5 Å². The number of nitrogens with one attached hydrogen (secondary N) is 1. The Morgan fingerprint density at radius 2 is 1.90 bits per heavy atom. The summed E-state index contributed by atoms with van der Waals surface area (Å²) in [6.07, 6.45) is 6.81.